The quantitative estimate of drug-likeness (QED) is 0.698. The fourth-order valence-corrected chi connectivity index (χ4v) is 4.08. The smallest absolute Gasteiger partial charge is 0.0641 e. The lowest BCUT2D eigenvalue weighted by Gasteiger charge is -2.25. The van der Waals surface area contributed by atoms with Crippen LogP contribution < -0.4 is 0 Å². The summed E-state index contributed by atoms with van der Waals surface area (Å²) in [5, 5.41) is 0.0427. The minimum atomic E-state index is 0.0427. The fourth-order valence-electron chi connectivity index (χ4n) is 3.51. The fraction of sp³-hybridized carbons (Fsp3) is 0.667. The van der Waals surface area contributed by atoms with E-state index in [0.29, 0.717) is 17.9 Å². The molecule has 1 aromatic carbocycles. The molecule has 20 heavy (non-hydrogen) atoms. The highest BCUT2D eigenvalue weighted by Gasteiger charge is 2.41. The normalized spacial score (nSPS) is 31.5. The van der Waals surface area contributed by atoms with E-state index >= 15 is 0 Å². The minimum Gasteiger partial charge on any atom is -0.375 e. The molecular formula is C18H27ClO. The van der Waals surface area contributed by atoms with Crippen molar-refractivity contribution >= 4 is 11.6 Å². The predicted molar refractivity (Wildman–Crippen MR) is 86.5 cm³/mol. The van der Waals surface area contributed by atoms with Gasteiger partial charge >= 0.3 is 0 Å². The third-order valence-corrected chi connectivity index (χ3v) is 5.51. The van der Waals surface area contributed by atoms with Crippen LogP contribution in [0.1, 0.15) is 56.7 Å². The number of hydrogen-bond donors (Lipinski definition) is 0. The summed E-state index contributed by atoms with van der Waals surface area (Å²) in [6, 6.07) is 6.76. The summed E-state index contributed by atoms with van der Waals surface area (Å²) in [4.78, 5) is 0. The van der Waals surface area contributed by atoms with E-state index in [1.165, 1.54) is 16.7 Å². The van der Waals surface area contributed by atoms with Crippen molar-refractivity contribution in [2.45, 2.75) is 65.0 Å². The molecule has 1 heterocycles. The number of alkyl halides is 1. The lowest BCUT2D eigenvalue weighted by Crippen LogP contribution is -2.22. The van der Waals surface area contributed by atoms with Crippen LogP contribution in [0, 0.1) is 11.8 Å². The van der Waals surface area contributed by atoms with Crippen LogP contribution in [0.25, 0.3) is 0 Å². The van der Waals surface area contributed by atoms with Gasteiger partial charge < -0.3 is 4.74 Å². The van der Waals surface area contributed by atoms with Crippen LogP contribution in [0.15, 0.2) is 18.2 Å². The second-order valence-electron chi connectivity index (χ2n) is 6.12. The van der Waals surface area contributed by atoms with Crippen LogP contribution in [0.2, 0.25) is 0 Å². The Morgan fingerprint density at radius 3 is 2.20 bits per heavy atom. The zero-order valence-corrected chi connectivity index (χ0v) is 14.1. The molecule has 1 saturated heterocycles. The van der Waals surface area contributed by atoms with Gasteiger partial charge in [-0.05, 0) is 49.3 Å². The molecule has 1 aliphatic rings. The van der Waals surface area contributed by atoms with E-state index < -0.39 is 0 Å². The summed E-state index contributed by atoms with van der Waals surface area (Å²) in [5.74, 6) is 0.896. The molecule has 2 heteroatoms. The van der Waals surface area contributed by atoms with E-state index in [-0.39, 0.29) is 11.5 Å². The molecule has 2 rings (SSSR count). The molecule has 5 atom stereocenters. The van der Waals surface area contributed by atoms with E-state index in [1.807, 2.05) is 0 Å². The Morgan fingerprint density at radius 2 is 1.70 bits per heavy atom. The summed E-state index contributed by atoms with van der Waals surface area (Å²) in [5.41, 5.74) is 4.13. The zero-order valence-electron chi connectivity index (χ0n) is 13.3. The molecule has 0 spiro atoms. The monoisotopic (exact) mass is 294 g/mol. The van der Waals surface area contributed by atoms with Gasteiger partial charge in [-0.2, -0.15) is 0 Å². The Balaban J connectivity index is 2.27. The molecule has 1 aliphatic heterocycles. The summed E-state index contributed by atoms with van der Waals surface area (Å²) in [6.45, 7) is 11.0. The molecule has 0 radical (unpaired) electrons. The van der Waals surface area contributed by atoms with Crippen molar-refractivity contribution < 1.29 is 4.74 Å². The van der Waals surface area contributed by atoms with Crippen LogP contribution >= 0.6 is 11.6 Å². The van der Waals surface area contributed by atoms with Gasteiger partial charge in [0.15, 0.2) is 0 Å². The first-order chi connectivity index (χ1) is 9.49. The molecule has 0 N–H and O–H groups in total. The Morgan fingerprint density at radius 1 is 1.05 bits per heavy atom. The van der Waals surface area contributed by atoms with Gasteiger partial charge in [-0.1, -0.05) is 39.0 Å². The van der Waals surface area contributed by atoms with Crippen molar-refractivity contribution in [3.63, 3.8) is 0 Å². The molecule has 0 aliphatic carbocycles. The molecule has 0 bridgehead atoms. The third-order valence-electron chi connectivity index (χ3n) is 4.97. The standard InChI is InChI=1S/C18H27ClO/c1-6-14-8-9-16(10-15(14)7-2)18(19)17-11(3)12(4)20-13(17)5/h8-13,17-18H,6-7H2,1-5H3. The maximum absolute atomic E-state index is 6.81. The Hall–Kier alpha value is -0.530. The minimum absolute atomic E-state index is 0.0427. The molecule has 1 aromatic rings. The van der Waals surface area contributed by atoms with E-state index in [4.69, 9.17) is 16.3 Å². The Bertz CT molecular complexity index is 457. The number of aryl methyl sites for hydroxylation is 2. The van der Waals surface area contributed by atoms with Gasteiger partial charge in [-0.15, -0.1) is 11.6 Å². The first kappa shape index (κ1) is 15.9. The highest BCUT2D eigenvalue weighted by atomic mass is 35.5. The molecule has 0 amide bonds. The largest absolute Gasteiger partial charge is 0.375 e. The lowest BCUT2D eigenvalue weighted by molar-refractivity contribution is 0.0508. The molecular weight excluding hydrogens is 268 g/mol. The van der Waals surface area contributed by atoms with Gasteiger partial charge in [-0.3, -0.25) is 0 Å². The maximum atomic E-state index is 6.81. The van der Waals surface area contributed by atoms with Crippen LogP contribution in [-0.4, -0.2) is 12.2 Å². The van der Waals surface area contributed by atoms with E-state index in [9.17, 15) is 0 Å². The highest BCUT2D eigenvalue weighted by molar-refractivity contribution is 6.21. The zero-order chi connectivity index (χ0) is 14.9. The molecule has 0 saturated carbocycles. The molecule has 1 nitrogen and oxygen atoms in total. The average Bonchev–Trinajstić information content (AvgIpc) is 2.70. The Labute approximate surface area is 128 Å². The summed E-state index contributed by atoms with van der Waals surface area (Å²) >= 11 is 6.81. The first-order valence-corrected chi connectivity index (χ1v) is 8.34. The van der Waals surface area contributed by atoms with Gasteiger partial charge in [-0.25, -0.2) is 0 Å². The van der Waals surface area contributed by atoms with Gasteiger partial charge in [0.25, 0.3) is 0 Å². The molecule has 1 fully saturated rings. The van der Waals surface area contributed by atoms with Crippen molar-refractivity contribution in [3.05, 3.63) is 34.9 Å². The van der Waals surface area contributed by atoms with Gasteiger partial charge in [0, 0.05) is 5.92 Å². The first-order valence-electron chi connectivity index (χ1n) is 7.90. The van der Waals surface area contributed by atoms with Crippen LogP contribution in [0.3, 0.4) is 0 Å². The number of benzene rings is 1. The molecule has 5 unspecified atom stereocenters. The van der Waals surface area contributed by atoms with Crippen molar-refractivity contribution in [2.75, 3.05) is 0 Å². The highest BCUT2D eigenvalue weighted by Crippen LogP contribution is 2.44. The third kappa shape index (κ3) is 2.89. The summed E-state index contributed by atoms with van der Waals surface area (Å²) in [7, 11) is 0. The molecule has 112 valence electrons. The second-order valence-corrected chi connectivity index (χ2v) is 6.59. The van der Waals surface area contributed by atoms with Crippen molar-refractivity contribution in [2.24, 2.45) is 11.8 Å². The lowest BCUT2D eigenvalue weighted by atomic mass is 9.83. The number of ether oxygens (including phenoxy) is 1. The van der Waals surface area contributed by atoms with Crippen LogP contribution in [0.4, 0.5) is 0 Å². The van der Waals surface area contributed by atoms with Crippen LogP contribution in [0.5, 0.6) is 0 Å². The van der Waals surface area contributed by atoms with Gasteiger partial charge in [0.2, 0.25) is 0 Å². The maximum Gasteiger partial charge on any atom is 0.0641 e. The second kappa shape index (κ2) is 6.49. The summed E-state index contributed by atoms with van der Waals surface area (Å²) < 4.78 is 5.95. The predicted octanol–water partition coefficient (Wildman–Crippen LogP) is 5.15. The van der Waals surface area contributed by atoms with Crippen molar-refractivity contribution in [1.82, 2.24) is 0 Å². The van der Waals surface area contributed by atoms with E-state index in [2.05, 4.69) is 52.8 Å². The van der Waals surface area contributed by atoms with Gasteiger partial charge in [0.1, 0.15) is 0 Å². The number of hydrogen-bond acceptors (Lipinski definition) is 1. The Kier molecular flexibility index (Phi) is 5.14. The number of rotatable bonds is 4. The van der Waals surface area contributed by atoms with E-state index in [1.54, 1.807) is 0 Å². The van der Waals surface area contributed by atoms with Gasteiger partial charge in [0.05, 0.1) is 17.6 Å². The number of halogens is 1. The van der Waals surface area contributed by atoms with E-state index in [0.717, 1.165) is 12.8 Å². The summed E-state index contributed by atoms with van der Waals surface area (Å²) in [6.07, 6.45) is 2.70. The SMILES string of the molecule is CCc1ccc(C(Cl)C2C(C)OC(C)C2C)cc1CC. The average molecular weight is 295 g/mol. The topological polar surface area (TPSA) is 9.23 Å². The van der Waals surface area contributed by atoms with Crippen molar-refractivity contribution in [1.29, 1.82) is 0 Å². The van der Waals surface area contributed by atoms with Crippen molar-refractivity contribution in [3.8, 4) is 0 Å². The molecule has 0 aromatic heterocycles. The van der Waals surface area contributed by atoms with Crippen LogP contribution in [-0.2, 0) is 17.6 Å².